The molecule has 1 N–H and O–H groups in total. The van der Waals surface area contributed by atoms with Gasteiger partial charge in [-0.05, 0) is 30.9 Å². The van der Waals surface area contributed by atoms with Crippen LogP contribution in [0.1, 0.15) is 25.0 Å². The largest absolute Gasteiger partial charge is 0.268 e. The number of aromatic amines is 1. The first kappa shape index (κ1) is 15.3. The van der Waals surface area contributed by atoms with E-state index >= 15 is 0 Å². The normalized spacial score (nSPS) is 11.1. The van der Waals surface area contributed by atoms with Gasteiger partial charge in [0.2, 0.25) is 0 Å². The zero-order chi connectivity index (χ0) is 16.4. The average Bonchev–Trinajstić information content (AvgIpc) is 2.85. The molecule has 1 heterocycles. The molecule has 0 radical (unpaired) electrons. The van der Waals surface area contributed by atoms with Crippen molar-refractivity contribution in [2.24, 2.45) is 5.92 Å². The van der Waals surface area contributed by atoms with E-state index in [1.165, 1.54) is 0 Å². The zero-order valence-corrected chi connectivity index (χ0v) is 13.8. The maximum Gasteiger partial charge on any atom is 0.268 e. The molecule has 1 aromatic heterocycles. The van der Waals surface area contributed by atoms with Crippen LogP contribution >= 0.6 is 0 Å². The number of hydrogen-bond acceptors (Lipinski definition) is 1. The van der Waals surface area contributed by atoms with Crippen LogP contribution in [-0.2, 0) is 6.42 Å². The lowest BCUT2D eigenvalue weighted by Crippen LogP contribution is -2.09. The number of H-pyrrole nitrogens is 1. The van der Waals surface area contributed by atoms with Crippen LogP contribution in [0.3, 0.4) is 0 Å². The summed E-state index contributed by atoms with van der Waals surface area (Å²) < 4.78 is 1.94. The first-order chi connectivity index (χ1) is 11.1. The Labute approximate surface area is 136 Å². The second kappa shape index (κ2) is 6.29. The van der Waals surface area contributed by atoms with Crippen LogP contribution in [0, 0.1) is 12.8 Å². The lowest BCUT2D eigenvalue weighted by Gasteiger charge is -2.13. The van der Waals surface area contributed by atoms with Gasteiger partial charge in [0.05, 0.1) is 11.4 Å². The van der Waals surface area contributed by atoms with Crippen molar-refractivity contribution in [1.82, 2.24) is 9.78 Å². The number of aryl methyl sites for hydroxylation is 1. The molecule has 0 amide bonds. The van der Waals surface area contributed by atoms with E-state index in [0.29, 0.717) is 5.92 Å². The molecule has 0 aliphatic heterocycles. The van der Waals surface area contributed by atoms with Crippen molar-refractivity contribution in [3.63, 3.8) is 0 Å². The van der Waals surface area contributed by atoms with Gasteiger partial charge in [0.1, 0.15) is 0 Å². The van der Waals surface area contributed by atoms with E-state index in [9.17, 15) is 4.79 Å². The topological polar surface area (TPSA) is 37.8 Å². The molecule has 3 aromatic rings. The number of benzene rings is 2. The lowest BCUT2D eigenvalue weighted by atomic mass is 9.99. The summed E-state index contributed by atoms with van der Waals surface area (Å²) in [6, 6.07) is 18.2. The molecule has 0 saturated heterocycles. The first-order valence-corrected chi connectivity index (χ1v) is 8.03. The molecule has 0 unspecified atom stereocenters. The molecule has 0 aliphatic carbocycles. The SMILES string of the molecule is Cc1ccccc1-n1[nH]c(=O)c(CC(C)C)c1-c1ccccc1. The molecule has 0 bridgehead atoms. The highest BCUT2D eigenvalue weighted by Crippen LogP contribution is 2.27. The third-order valence-electron chi connectivity index (χ3n) is 4.01. The summed E-state index contributed by atoms with van der Waals surface area (Å²) in [7, 11) is 0. The van der Waals surface area contributed by atoms with Crippen molar-refractivity contribution in [1.29, 1.82) is 0 Å². The van der Waals surface area contributed by atoms with E-state index in [0.717, 1.165) is 34.5 Å². The third-order valence-corrected chi connectivity index (χ3v) is 4.01. The minimum Gasteiger partial charge on any atom is -0.268 e. The highest BCUT2D eigenvalue weighted by Gasteiger charge is 2.19. The van der Waals surface area contributed by atoms with Gasteiger partial charge in [-0.2, -0.15) is 0 Å². The number of hydrogen-bond donors (Lipinski definition) is 1. The fourth-order valence-corrected chi connectivity index (χ4v) is 2.96. The Kier molecular flexibility index (Phi) is 4.20. The summed E-state index contributed by atoms with van der Waals surface area (Å²) in [4.78, 5) is 12.6. The second-order valence-corrected chi connectivity index (χ2v) is 6.35. The van der Waals surface area contributed by atoms with Crippen molar-refractivity contribution >= 4 is 0 Å². The van der Waals surface area contributed by atoms with Gasteiger partial charge in [-0.1, -0.05) is 62.4 Å². The number of para-hydroxylation sites is 1. The minimum absolute atomic E-state index is 0.000746. The molecule has 118 valence electrons. The second-order valence-electron chi connectivity index (χ2n) is 6.35. The van der Waals surface area contributed by atoms with E-state index < -0.39 is 0 Å². The van der Waals surface area contributed by atoms with Gasteiger partial charge in [-0.3, -0.25) is 14.6 Å². The molecule has 0 atom stereocenters. The standard InChI is InChI=1S/C20H22N2O/c1-14(2)13-17-19(16-10-5-4-6-11-16)22(21-20(17)23)18-12-8-7-9-15(18)3/h4-12,14H,13H2,1-3H3,(H,21,23). The van der Waals surface area contributed by atoms with Crippen LogP contribution in [0.25, 0.3) is 16.9 Å². The molecule has 2 aromatic carbocycles. The van der Waals surface area contributed by atoms with Crippen LogP contribution in [0.5, 0.6) is 0 Å². The molecular weight excluding hydrogens is 284 g/mol. The Hall–Kier alpha value is -2.55. The Morgan fingerprint density at radius 2 is 1.65 bits per heavy atom. The Balaban J connectivity index is 2.29. The van der Waals surface area contributed by atoms with Crippen molar-refractivity contribution < 1.29 is 0 Å². The highest BCUT2D eigenvalue weighted by molar-refractivity contribution is 5.66. The van der Waals surface area contributed by atoms with E-state index in [2.05, 4.69) is 44.1 Å². The molecule has 0 fully saturated rings. The number of aromatic nitrogens is 2. The van der Waals surface area contributed by atoms with E-state index in [4.69, 9.17) is 0 Å². The van der Waals surface area contributed by atoms with Crippen molar-refractivity contribution in [3.05, 3.63) is 76.1 Å². The fourth-order valence-electron chi connectivity index (χ4n) is 2.96. The van der Waals surface area contributed by atoms with Gasteiger partial charge in [-0.25, -0.2) is 0 Å². The Morgan fingerprint density at radius 3 is 2.30 bits per heavy atom. The zero-order valence-electron chi connectivity index (χ0n) is 13.8. The Morgan fingerprint density at radius 1 is 1.00 bits per heavy atom. The van der Waals surface area contributed by atoms with E-state index in [1.807, 2.05) is 41.1 Å². The third kappa shape index (κ3) is 3.00. The summed E-state index contributed by atoms with van der Waals surface area (Å²) in [6.07, 6.45) is 0.762. The minimum atomic E-state index is 0.000746. The van der Waals surface area contributed by atoms with Crippen molar-refractivity contribution in [3.8, 4) is 16.9 Å². The first-order valence-electron chi connectivity index (χ1n) is 8.03. The summed E-state index contributed by atoms with van der Waals surface area (Å²) >= 11 is 0. The van der Waals surface area contributed by atoms with Gasteiger partial charge >= 0.3 is 0 Å². The maximum atomic E-state index is 12.6. The van der Waals surface area contributed by atoms with Crippen LogP contribution in [0.2, 0.25) is 0 Å². The quantitative estimate of drug-likeness (QED) is 0.765. The number of rotatable bonds is 4. The van der Waals surface area contributed by atoms with Gasteiger partial charge in [-0.15, -0.1) is 0 Å². The molecule has 23 heavy (non-hydrogen) atoms. The fraction of sp³-hybridized carbons (Fsp3) is 0.250. The van der Waals surface area contributed by atoms with E-state index in [1.54, 1.807) is 0 Å². The summed E-state index contributed by atoms with van der Waals surface area (Å²) in [5.74, 6) is 0.422. The Bertz CT molecular complexity index is 857. The predicted molar refractivity (Wildman–Crippen MR) is 95.1 cm³/mol. The molecule has 3 heteroatoms. The maximum absolute atomic E-state index is 12.6. The number of nitrogens with zero attached hydrogens (tertiary/aromatic N) is 1. The molecule has 3 rings (SSSR count). The molecule has 0 spiro atoms. The summed E-state index contributed by atoms with van der Waals surface area (Å²) in [6.45, 7) is 6.34. The summed E-state index contributed by atoms with van der Waals surface area (Å²) in [5, 5.41) is 3.04. The highest BCUT2D eigenvalue weighted by atomic mass is 16.1. The van der Waals surface area contributed by atoms with Gasteiger partial charge < -0.3 is 0 Å². The van der Waals surface area contributed by atoms with Crippen LogP contribution < -0.4 is 5.56 Å². The van der Waals surface area contributed by atoms with Crippen molar-refractivity contribution in [2.45, 2.75) is 27.2 Å². The smallest absolute Gasteiger partial charge is 0.268 e. The van der Waals surface area contributed by atoms with Crippen LogP contribution in [0.15, 0.2) is 59.4 Å². The molecule has 0 saturated carbocycles. The average molecular weight is 306 g/mol. The van der Waals surface area contributed by atoms with Crippen LogP contribution in [0.4, 0.5) is 0 Å². The van der Waals surface area contributed by atoms with Gasteiger partial charge in [0.15, 0.2) is 0 Å². The summed E-state index contributed by atoms with van der Waals surface area (Å²) in [5.41, 5.74) is 5.03. The lowest BCUT2D eigenvalue weighted by molar-refractivity contribution is 0.645. The van der Waals surface area contributed by atoms with Crippen molar-refractivity contribution in [2.75, 3.05) is 0 Å². The monoisotopic (exact) mass is 306 g/mol. The van der Waals surface area contributed by atoms with Gasteiger partial charge in [0.25, 0.3) is 5.56 Å². The van der Waals surface area contributed by atoms with E-state index in [-0.39, 0.29) is 5.56 Å². The molecule has 0 aliphatic rings. The number of nitrogens with one attached hydrogen (secondary N) is 1. The molecule has 3 nitrogen and oxygen atoms in total. The van der Waals surface area contributed by atoms with Gasteiger partial charge in [0, 0.05) is 11.1 Å². The predicted octanol–water partition coefficient (Wildman–Crippen LogP) is 4.34. The molecular formula is C20H22N2O. The van der Waals surface area contributed by atoms with Crippen LogP contribution in [-0.4, -0.2) is 9.78 Å².